The van der Waals surface area contributed by atoms with Crippen molar-refractivity contribution in [3.05, 3.63) is 34.2 Å². The van der Waals surface area contributed by atoms with Crippen LogP contribution in [0.25, 0.3) is 11.0 Å². The highest BCUT2D eigenvalue weighted by molar-refractivity contribution is 7.92. The first-order valence-electron chi connectivity index (χ1n) is 6.88. The third-order valence-electron chi connectivity index (χ3n) is 4.03. The minimum absolute atomic E-state index is 0.230. The normalized spacial score (nSPS) is 22.1. The van der Waals surface area contributed by atoms with Gasteiger partial charge in [-0.3, -0.25) is 4.57 Å². The summed E-state index contributed by atoms with van der Waals surface area (Å²) in [5, 5.41) is -0.436. The molecular weight excluding hydrogens is 276 g/mol. The van der Waals surface area contributed by atoms with Crippen LogP contribution in [-0.2, 0) is 16.4 Å². The molecular formula is C14H18N2O3S. The van der Waals surface area contributed by atoms with Gasteiger partial charge in [-0.2, -0.15) is 0 Å². The first-order chi connectivity index (χ1) is 9.47. The maximum Gasteiger partial charge on any atom is 0.326 e. The van der Waals surface area contributed by atoms with Crippen LogP contribution >= 0.6 is 0 Å². The molecule has 0 spiro atoms. The van der Waals surface area contributed by atoms with Crippen LogP contribution in [0.3, 0.4) is 0 Å². The fraction of sp³-hybridized carbons (Fsp3) is 0.500. The van der Waals surface area contributed by atoms with Gasteiger partial charge in [-0.05, 0) is 37.5 Å². The van der Waals surface area contributed by atoms with Gasteiger partial charge >= 0.3 is 5.69 Å². The molecule has 1 atom stereocenters. The molecule has 20 heavy (non-hydrogen) atoms. The minimum Gasteiger partial charge on any atom is -0.306 e. The lowest BCUT2D eigenvalue weighted by molar-refractivity contribution is 0.508. The van der Waals surface area contributed by atoms with E-state index in [1.165, 1.54) is 0 Å². The number of imidazole rings is 1. The van der Waals surface area contributed by atoms with Crippen LogP contribution in [0, 0.1) is 6.92 Å². The quantitative estimate of drug-likeness (QED) is 0.914. The van der Waals surface area contributed by atoms with Crippen molar-refractivity contribution in [2.45, 2.75) is 38.0 Å². The van der Waals surface area contributed by atoms with Crippen molar-refractivity contribution in [3.63, 3.8) is 0 Å². The van der Waals surface area contributed by atoms with E-state index >= 15 is 0 Å². The lowest BCUT2D eigenvalue weighted by atomic mass is 10.2. The van der Waals surface area contributed by atoms with Crippen LogP contribution in [0.1, 0.15) is 24.8 Å². The van der Waals surface area contributed by atoms with E-state index < -0.39 is 15.1 Å². The second-order valence-corrected chi connectivity index (χ2v) is 7.95. The minimum atomic E-state index is -3.07. The Morgan fingerprint density at radius 3 is 2.90 bits per heavy atom. The summed E-state index contributed by atoms with van der Waals surface area (Å²) in [6, 6.07) is 5.71. The lowest BCUT2D eigenvalue weighted by Gasteiger charge is -2.22. The highest BCUT2D eigenvalue weighted by atomic mass is 32.2. The van der Waals surface area contributed by atoms with E-state index in [2.05, 4.69) is 4.98 Å². The molecule has 0 bridgehead atoms. The molecule has 0 aliphatic carbocycles. The van der Waals surface area contributed by atoms with Gasteiger partial charge in [0.1, 0.15) is 0 Å². The molecule has 0 saturated carbocycles. The third-order valence-corrected chi connectivity index (χ3v) is 6.29. The Balaban J connectivity index is 2.02. The van der Waals surface area contributed by atoms with Crippen molar-refractivity contribution in [3.8, 4) is 0 Å². The van der Waals surface area contributed by atoms with Crippen LogP contribution in [-0.4, -0.2) is 29.0 Å². The van der Waals surface area contributed by atoms with Gasteiger partial charge in [0.15, 0.2) is 9.84 Å². The second kappa shape index (κ2) is 4.77. The van der Waals surface area contributed by atoms with Gasteiger partial charge in [-0.1, -0.05) is 12.5 Å². The van der Waals surface area contributed by atoms with E-state index in [1.54, 1.807) is 4.57 Å². The summed E-state index contributed by atoms with van der Waals surface area (Å²) in [7, 11) is -3.07. The highest BCUT2D eigenvalue weighted by Gasteiger charge is 2.29. The number of H-pyrrole nitrogens is 1. The van der Waals surface area contributed by atoms with Crippen molar-refractivity contribution in [1.29, 1.82) is 0 Å². The Bertz CT molecular complexity index is 801. The largest absolute Gasteiger partial charge is 0.326 e. The molecule has 1 N–H and O–H groups in total. The first-order valence-corrected chi connectivity index (χ1v) is 8.60. The number of hydrogen-bond donors (Lipinski definition) is 1. The van der Waals surface area contributed by atoms with E-state index in [9.17, 15) is 13.2 Å². The van der Waals surface area contributed by atoms with Crippen LogP contribution in [0.4, 0.5) is 0 Å². The fourth-order valence-corrected chi connectivity index (χ4v) is 4.73. The van der Waals surface area contributed by atoms with Gasteiger partial charge in [0.25, 0.3) is 0 Å². The van der Waals surface area contributed by atoms with Crippen LogP contribution < -0.4 is 5.69 Å². The van der Waals surface area contributed by atoms with E-state index in [1.807, 2.05) is 25.1 Å². The highest BCUT2D eigenvalue weighted by Crippen LogP contribution is 2.22. The van der Waals surface area contributed by atoms with Crippen LogP contribution in [0.5, 0.6) is 0 Å². The number of hydrogen-bond acceptors (Lipinski definition) is 3. The van der Waals surface area contributed by atoms with E-state index in [0.717, 1.165) is 29.4 Å². The van der Waals surface area contributed by atoms with Gasteiger partial charge in [0.05, 0.1) is 22.0 Å². The summed E-state index contributed by atoms with van der Waals surface area (Å²) >= 11 is 0. The molecule has 5 nitrogen and oxygen atoms in total. The summed E-state index contributed by atoms with van der Waals surface area (Å²) in [6.07, 6.45) is 2.30. The van der Waals surface area contributed by atoms with Gasteiger partial charge in [0, 0.05) is 6.54 Å². The van der Waals surface area contributed by atoms with E-state index in [0.29, 0.717) is 6.42 Å². The SMILES string of the molecule is Cc1ccc2c(c1)[nH]c(=O)n2CC1CCCCS1(=O)=O. The Kier molecular flexibility index (Phi) is 3.20. The molecule has 1 aromatic heterocycles. The average Bonchev–Trinajstić information content (AvgIpc) is 2.67. The van der Waals surface area contributed by atoms with Crippen molar-refractivity contribution in [1.82, 2.24) is 9.55 Å². The molecule has 2 aromatic rings. The predicted octanol–water partition coefficient (Wildman–Crippen LogP) is 1.61. The number of nitrogens with zero attached hydrogens (tertiary/aromatic N) is 1. The monoisotopic (exact) mass is 294 g/mol. The molecule has 1 unspecified atom stereocenters. The molecule has 1 saturated heterocycles. The number of sulfone groups is 1. The van der Waals surface area contributed by atoms with Gasteiger partial charge in [0.2, 0.25) is 0 Å². The van der Waals surface area contributed by atoms with Crippen molar-refractivity contribution in [2.75, 3.05) is 5.75 Å². The zero-order valence-electron chi connectivity index (χ0n) is 11.4. The summed E-state index contributed by atoms with van der Waals surface area (Å²) in [6.45, 7) is 2.21. The number of rotatable bonds is 2. The third kappa shape index (κ3) is 2.28. The van der Waals surface area contributed by atoms with Gasteiger partial charge in [-0.15, -0.1) is 0 Å². The Labute approximate surface area is 117 Å². The lowest BCUT2D eigenvalue weighted by Crippen LogP contribution is -2.34. The fourth-order valence-electron chi connectivity index (χ4n) is 2.89. The summed E-state index contributed by atoms with van der Waals surface area (Å²) in [4.78, 5) is 14.8. The van der Waals surface area contributed by atoms with Crippen molar-refractivity contribution < 1.29 is 8.42 Å². The summed E-state index contributed by atoms with van der Waals surface area (Å²) in [5.74, 6) is 0.244. The van der Waals surface area contributed by atoms with Crippen molar-refractivity contribution >= 4 is 20.9 Å². The molecule has 0 amide bonds. The van der Waals surface area contributed by atoms with Crippen LogP contribution in [0.15, 0.2) is 23.0 Å². The predicted molar refractivity (Wildman–Crippen MR) is 78.7 cm³/mol. The molecule has 6 heteroatoms. The standard InChI is InChI=1S/C14H18N2O3S/c1-10-5-6-13-12(8-10)15-14(17)16(13)9-11-4-2-3-7-20(11,18)19/h5-6,8,11H,2-4,7,9H2,1H3,(H,15,17). The van der Waals surface area contributed by atoms with Gasteiger partial charge < -0.3 is 4.98 Å². The molecule has 1 aliphatic rings. The maximum atomic E-state index is 12.1. The van der Waals surface area contributed by atoms with Crippen molar-refractivity contribution in [2.24, 2.45) is 0 Å². The van der Waals surface area contributed by atoms with E-state index in [-0.39, 0.29) is 18.0 Å². The number of benzene rings is 1. The number of aromatic amines is 1. The Morgan fingerprint density at radius 2 is 2.15 bits per heavy atom. The molecule has 0 radical (unpaired) electrons. The zero-order chi connectivity index (χ0) is 14.3. The maximum absolute atomic E-state index is 12.1. The number of fused-ring (bicyclic) bond motifs is 1. The zero-order valence-corrected chi connectivity index (χ0v) is 12.2. The molecule has 3 rings (SSSR count). The summed E-state index contributed by atoms with van der Waals surface area (Å²) < 4.78 is 25.7. The molecule has 1 aliphatic heterocycles. The number of nitrogens with one attached hydrogen (secondary N) is 1. The first kappa shape index (κ1) is 13.4. The number of aryl methyl sites for hydroxylation is 1. The Morgan fingerprint density at radius 1 is 1.35 bits per heavy atom. The molecule has 1 fully saturated rings. The Hall–Kier alpha value is -1.56. The molecule has 108 valence electrons. The molecule has 1 aromatic carbocycles. The van der Waals surface area contributed by atoms with Crippen LogP contribution in [0.2, 0.25) is 0 Å². The van der Waals surface area contributed by atoms with Gasteiger partial charge in [-0.25, -0.2) is 13.2 Å². The van der Waals surface area contributed by atoms with E-state index in [4.69, 9.17) is 0 Å². The smallest absolute Gasteiger partial charge is 0.306 e. The number of aromatic nitrogens is 2. The molecule has 2 heterocycles. The second-order valence-electron chi connectivity index (χ2n) is 5.55. The summed E-state index contributed by atoms with van der Waals surface area (Å²) in [5.41, 5.74) is 2.38. The average molecular weight is 294 g/mol. The topological polar surface area (TPSA) is 71.9 Å².